The van der Waals surface area contributed by atoms with Crippen LogP contribution in [0.2, 0.25) is 0 Å². The Morgan fingerprint density at radius 2 is 1.69 bits per heavy atom. The Morgan fingerprint density at radius 3 is 2.33 bits per heavy atom. The maximum absolute atomic E-state index is 14.1. The van der Waals surface area contributed by atoms with Crippen LogP contribution in [0.3, 0.4) is 0 Å². The first kappa shape index (κ1) is 25.7. The van der Waals surface area contributed by atoms with Gasteiger partial charge in [-0.05, 0) is 60.2 Å². The van der Waals surface area contributed by atoms with E-state index in [0.29, 0.717) is 52.6 Å². The van der Waals surface area contributed by atoms with Crippen molar-refractivity contribution in [1.82, 2.24) is 4.98 Å². The molecule has 0 saturated heterocycles. The second-order valence-corrected chi connectivity index (χ2v) is 8.91. The number of aromatic nitrogens is 1. The summed E-state index contributed by atoms with van der Waals surface area (Å²) < 4.78 is 87.2. The Balaban J connectivity index is 1.76. The highest BCUT2D eigenvalue weighted by atomic mass is 79.9. The molecule has 3 aromatic rings. The standard InChI is InChI=1S/C25H16BrF6NO3/c26-13-4-5-22(36-11-19-20(28)8-14(27)9-21(19)29)17(7-13)16-3-1-2-15(16)12-6-18(24(34)35)23(33-10-12)25(30,31)32/h4-10H,1-3,11H2,(H,34,35)/p-1. The summed E-state index contributed by atoms with van der Waals surface area (Å²) in [7, 11) is 0. The second kappa shape index (κ2) is 9.96. The summed E-state index contributed by atoms with van der Waals surface area (Å²) in [6.07, 6.45) is -2.51. The summed E-state index contributed by atoms with van der Waals surface area (Å²) in [6.45, 7) is -0.550. The molecule has 4 rings (SSSR count). The number of rotatable bonds is 6. The molecule has 11 heteroatoms. The summed E-state index contributed by atoms with van der Waals surface area (Å²) in [5.74, 6) is -5.09. The van der Waals surface area contributed by atoms with E-state index in [0.717, 1.165) is 12.3 Å². The number of alkyl halides is 3. The quantitative estimate of drug-likeness (QED) is 0.325. The highest BCUT2D eigenvalue weighted by Gasteiger charge is 2.36. The number of hydrogen-bond acceptors (Lipinski definition) is 4. The highest BCUT2D eigenvalue weighted by Crippen LogP contribution is 2.44. The molecule has 0 unspecified atom stereocenters. The van der Waals surface area contributed by atoms with Gasteiger partial charge >= 0.3 is 6.18 Å². The van der Waals surface area contributed by atoms with Crippen LogP contribution < -0.4 is 9.84 Å². The van der Waals surface area contributed by atoms with Gasteiger partial charge in [0.05, 0.1) is 11.5 Å². The van der Waals surface area contributed by atoms with Crippen LogP contribution in [-0.4, -0.2) is 11.0 Å². The fraction of sp³-hybridized carbons (Fsp3) is 0.200. The number of carboxylic acids is 1. The third kappa shape index (κ3) is 5.25. The summed E-state index contributed by atoms with van der Waals surface area (Å²) in [5, 5.41) is 11.4. The van der Waals surface area contributed by atoms with Crippen molar-refractivity contribution >= 4 is 33.0 Å². The summed E-state index contributed by atoms with van der Waals surface area (Å²) in [4.78, 5) is 14.8. The number of halogens is 7. The largest absolute Gasteiger partial charge is 0.545 e. The Kier molecular flexibility index (Phi) is 7.12. The molecule has 4 nitrogen and oxygen atoms in total. The Hall–Kier alpha value is -3.34. The van der Waals surface area contributed by atoms with Gasteiger partial charge in [-0.15, -0.1) is 0 Å². The number of hydrogen-bond donors (Lipinski definition) is 0. The van der Waals surface area contributed by atoms with Gasteiger partial charge in [0, 0.05) is 33.9 Å². The summed E-state index contributed by atoms with van der Waals surface area (Å²) in [6, 6.07) is 6.79. The minimum absolute atomic E-state index is 0.177. The molecule has 1 aliphatic rings. The van der Waals surface area contributed by atoms with Crippen molar-refractivity contribution in [3.05, 3.63) is 92.5 Å². The lowest BCUT2D eigenvalue weighted by Gasteiger charge is -2.17. The van der Waals surface area contributed by atoms with Crippen molar-refractivity contribution in [2.24, 2.45) is 0 Å². The number of carbonyl (C=O) groups excluding carboxylic acids is 1. The molecule has 0 N–H and O–H groups in total. The van der Waals surface area contributed by atoms with Gasteiger partial charge in [0.25, 0.3) is 0 Å². The number of pyridine rings is 1. The Bertz CT molecular complexity index is 1360. The lowest BCUT2D eigenvalue weighted by atomic mass is 9.96. The van der Waals surface area contributed by atoms with E-state index in [9.17, 15) is 36.2 Å². The van der Waals surface area contributed by atoms with Gasteiger partial charge in [-0.3, -0.25) is 4.98 Å². The van der Waals surface area contributed by atoms with Crippen molar-refractivity contribution in [2.75, 3.05) is 0 Å². The van der Waals surface area contributed by atoms with Crippen molar-refractivity contribution < 1.29 is 41.0 Å². The molecule has 0 amide bonds. The maximum Gasteiger partial charge on any atom is 0.433 e. The molecule has 0 fully saturated rings. The van der Waals surface area contributed by atoms with Crippen LogP contribution in [0.25, 0.3) is 11.1 Å². The smallest absolute Gasteiger partial charge is 0.433 e. The van der Waals surface area contributed by atoms with E-state index in [1.807, 2.05) is 0 Å². The fourth-order valence-corrected chi connectivity index (χ4v) is 4.46. The van der Waals surface area contributed by atoms with Crippen molar-refractivity contribution in [2.45, 2.75) is 32.0 Å². The Labute approximate surface area is 209 Å². The topological polar surface area (TPSA) is 62.2 Å². The van der Waals surface area contributed by atoms with Crippen molar-refractivity contribution in [3.63, 3.8) is 0 Å². The second-order valence-electron chi connectivity index (χ2n) is 7.99. The predicted molar refractivity (Wildman–Crippen MR) is 119 cm³/mol. The van der Waals surface area contributed by atoms with E-state index in [-0.39, 0.29) is 11.3 Å². The van der Waals surface area contributed by atoms with Gasteiger partial charge < -0.3 is 14.6 Å². The highest BCUT2D eigenvalue weighted by molar-refractivity contribution is 9.10. The minimum atomic E-state index is -4.98. The zero-order valence-corrected chi connectivity index (χ0v) is 19.8. The van der Waals surface area contributed by atoms with Crippen LogP contribution in [0.1, 0.15) is 52.0 Å². The SMILES string of the molecule is O=C([O-])c1cc(C2=C(c3cc(Br)ccc3OCc3c(F)cc(F)cc3F)CCC2)cnc1C(F)(F)F. The first-order valence-electron chi connectivity index (χ1n) is 10.5. The third-order valence-corrected chi connectivity index (χ3v) is 6.18. The van der Waals surface area contributed by atoms with E-state index in [1.165, 1.54) is 0 Å². The molecule has 0 saturated carbocycles. The van der Waals surface area contributed by atoms with E-state index in [4.69, 9.17) is 4.74 Å². The molecule has 1 aliphatic carbocycles. The van der Waals surface area contributed by atoms with Crippen LogP contribution in [0.5, 0.6) is 5.75 Å². The van der Waals surface area contributed by atoms with Gasteiger partial charge in [0.15, 0.2) is 5.69 Å². The van der Waals surface area contributed by atoms with Crippen LogP contribution >= 0.6 is 15.9 Å². The Morgan fingerprint density at radius 1 is 1.03 bits per heavy atom. The third-order valence-electron chi connectivity index (χ3n) is 5.69. The van der Waals surface area contributed by atoms with Crippen LogP contribution in [-0.2, 0) is 12.8 Å². The van der Waals surface area contributed by atoms with Crippen LogP contribution in [0, 0.1) is 17.5 Å². The van der Waals surface area contributed by atoms with Gasteiger partial charge in [0.1, 0.15) is 29.8 Å². The summed E-state index contributed by atoms with van der Waals surface area (Å²) >= 11 is 3.35. The molecule has 36 heavy (non-hydrogen) atoms. The molecule has 1 heterocycles. The van der Waals surface area contributed by atoms with E-state index in [2.05, 4.69) is 20.9 Å². The van der Waals surface area contributed by atoms with Gasteiger partial charge in [0.2, 0.25) is 0 Å². The number of carboxylic acid groups (broad SMARTS) is 1. The van der Waals surface area contributed by atoms with Crippen LogP contribution in [0.15, 0.2) is 47.1 Å². The lowest BCUT2D eigenvalue weighted by molar-refractivity contribution is -0.255. The number of nitrogens with zero attached hydrogens (tertiary/aromatic N) is 1. The normalized spacial score (nSPS) is 13.9. The minimum Gasteiger partial charge on any atom is -0.545 e. The van der Waals surface area contributed by atoms with Crippen molar-refractivity contribution in [1.29, 1.82) is 0 Å². The molecule has 0 bridgehead atoms. The van der Waals surface area contributed by atoms with Crippen molar-refractivity contribution in [3.8, 4) is 5.75 Å². The monoisotopic (exact) mass is 570 g/mol. The number of ether oxygens (including phenoxy) is 1. The molecule has 0 radical (unpaired) electrons. The summed E-state index contributed by atoms with van der Waals surface area (Å²) in [5.41, 5.74) is -1.23. The van der Waals surface area contributed by atoms with E-state index in [1.54, 1.807) is 18.2 Å². The zero-order valence-electron chi connectivity index (χ0n) is 18.2. The fourth-order valence-electron chi connectivity index (χ4n) is 4.09. The van der Waals surface area contributed by atoms with Crippen LogP contribution in [0.4, 0.5) is 26.3 Å². The number of allylic oxidation sites excluding steroid dienone is 2. The molecule has 0 atom stereocenters. The average molecular weight is 571 g/mol. The maximum atomic E-state index is 14.1. The lowest BCUT2D eigenvalue weighted by Crippen LogP contribution is -2.27. The molecule has 1 aromatic heterocycles. The van der Waals surface area contributed by atoms with Gasteiger partial charge in [-0.1, -0.05) is 15.9 Å². The number of benzene rings is 2. The van der Waals surface area contributed by atoms with E-state index >= 15 is 0 Å². The molecule has 2 aromatic carbocycles. The number of carbonyl (C=O) groups is 1. The molecular formula is C25H15BrF6NO3-. The molecular weight excluding hydrogens is 556 g/mol. The van der Waals surface area contributed by atoms with Gasteiger partial charge in [-0.25, -0.2) is 13.2 Å². The first-order valence-corrected chi connectivity index (χ1v) is 11.3. The zero-order chi connectivity index (χ0) is 26.2. The first-order chi connectivity index (χ1) is 17.0. The average Bonchev–Trinajstić information content (AvgIpc) is 3.28. The van der Waals surface area contributed by atoms with E-state index < -0.39 is 53.0 Å². The predicted octanol–water partition coefficient (Wildman–Crippen LogP) is 6.32. The molecule has 0 spiro atoms. The molecule has 188 valence electrons. The molecule has 0 aliphatic heterocycles. The number of aromatic carboxylic acids is 1. The van der Waals surface area contributed by atoms with Gasteiger partial charge in [-0.2, -0.15) is 13.2 Å².